The molecule has 1 aromatic rings. The second kappa shape index (κ2) is 5.66. The van der Waals surface area contributed by atoms with Crippen LogP contribution in [0.1, 0.15) is 38.1 Å². The summed E-state index contributed by atoms with van der Waals surface area (Å²) in [7, 11) is 0. The van der Waals surface area contributed by atoms with Gasteiger partial charge in [-0.05, 0) is 31.9 Å². The minimum atomic E-state index is 0.0150. The predicted octanol–water partition coefficient (Wildman–Crippen LogP) is 2.17. The van der Waals surface area contributed by atoms with Crippen LogP contribution in [0.4, 0.5) is 5.82 Å². The highest BCUT2D eigenvalue weighted by Gasteiger charge is 2.19. The molecule has 4 nitrogen and oxygen atoms in total. The Morgan fingerprint density at radius 1 is 1.35 bits per heavy atom. The number of carbonyl (C=O) groups is 1. The van der Waals surface area contributed by atoms with E-state index in [-0.39, 0.29) is 11.9 Å². The molecule has 0 spiro atoms. The van der Waals surface area contributed by atoms with Crippen LogP contribution in [0.25, 0.3) is 0 Å². The fraction of sp³-hybridized carbons (Fsp3) is 0.538. The van der Waals surface area contributed by atoms with E-state index in [0.717, 1.165) is 6.54 Å². The Hall–Kier alpha value is -1.58. The third kappa shape index (κ3) is 3.73. The number of hydrogen-bond acceptors (Lipinski definition) is 3. The van der Waals surface area contributed by atoms with E-state index >= 15 is 0 Å². The standard InChI is InChI=1S/C13H21N3O/c1-9(2)8-16(10(3)4)13(17)11-5-6-12(14)15-7-11/h5-7,9-10H,8H2,1-4H3,(H2,14,15). The number of pyridine rings is 1. The first-order valence-corrected chi connectivity index (χ1v) is 5.94. The molecule has 0 radical (unpaired) electrons. The van der Waals surface area contributed by atoms with Gasteiger partial charge in [-0.25, -0.2) is 4.98 Å². The van der Waals surface area contributed by atoms with Gasteiger partial charge < -0.3 is 10.6 Å². The highest BCUT2D eigenvalue weighted by atomic mass is 16.2. The molecule has 0 unspecified atom stereocenters. The number of hydrogen-bond donors (Lipinski definition) is 1. The molecule has 94 valence electrons. The largest absolute Gasteiger partial charge is 0.384 e. The average Bonchev–Trinajstić information content (AvgIpc) is 2.25. The van der Waals surface area contributed by atoms with Crippen molar-refractivity contribution in [2.24, 2.45) is 5.92 Å². The van der Waals surface area contributed by atoms with Gasteiger partial charge in [-0.1, -0.05) is 13.8 Å². The molecule has 0 saturated heterocycles. The molecular formula is C13H21N3O. The zero-order chi connectivity index (χ0) is 13.0. The predicted molar refractivity (Wildman–Crippen MR) is 69.7 cm³/mol. The highest BCUT2D eigenvalue weighted by Crippen LogP contribution is 2.11. The molecule has 0 aliphatic carbocycles. The van der Waals surface area contributed by atoms with Crippen molar-refractivity contribution >= 4 is 11.7 Å². The number of nitrogens with two attached hydrogens (primary N) is 1. The van der Waals surface area contributed by atoms with Gasteiger partial charge in [0.1, 0.15) is 5.82 Å². The van der Waals surface area contributed by atoms with E-state index in [2.05, 4.69) is 18.8 Å². The molecular weight excluding hydrogens is 214 g/mol. The zero-order valence-electron chi connectivity index (χ0n) is 11.0. The third-order valence-corrected chi connectivity index (χ3v) is 2.48. The average molecular weight is 235 g/mol. The molecule has 0 bridgehead atoms. The van der Waals surface area contributed by atoms with E-state index in [0.29, 0.717) is 17.3 Å². The number of nitrogens with zero attached hydrogens (tertiary/aromatic N) is 2. The molecule has 0 saturated carbocycles. The number of nitrogen functional groups attached to an aromatic ring is 1. The molecule has 0 aliphatic heterocycles. The lowest BCUT2D eigenvalue weighted by Crippen LogP contribution is -2.39. The summed E-state index contributed by atoms with van der Waals surface area (Å²) in [6.45, 7) is 8.99. The van der Waals surface area contributed by atoms with Gasteiger partial charge in [0.25, 0.3) is 5.91 Å². The zero-order valence-corrected chi connectivity index (χ0v) is 11.0. The van der Waals surface area contributed by atoms with Gasteiger partial charge in [0.05, 0.1) is 5.56 Å². The summed E-state index contributed by atoms with van der Waals surface area (Å²) in [6, 6.07) is 3.56. The van der Waals surface area contributed by atoms with E-state index in [4.69, 9.17) is 5.73 Å². The molecule has 4 heteroatoms. The Balaban J connectivity index is 2.88. The van der Waals surface area contributed by atoms with Gasteiger partial charge in [-0.2, -0.15) is 0 Å². The van der Waals surface area contributed by atoms with Crippen LogP contribution in [0.5, 0.6) is 0 Å². The lowest BCUT2D eigenvalue weighted by Gasteiger charge is -2.28. The highest BCUT2D eigenvalue weighted by molar-refractivity contribution is 5.94. The van der Waals surface area contributed by atoms with E-state index < -0.39 is 0 Å². The number of carbonyl (C=O) groups excluding carboxylic acids is 1. The minimum absolute atomic E-state index is 0.0150. The molecule has 1 aromatic heterocycles. The smallest absolute Gasteiger partial charge is 0.255 e. The fourth-order valence-corrected chi connectivity index (χ4v) is 1.62. The molecule has 2 N–H and O–H groups in total. The third-order valence-electron chi connectivity index (χ3n) is 2.48. The first-order valence-electron chi connectivity index (χ1n) is 5.94. The molecule has 1 amide bonds. The fourth-order valence-electron chi connectivity index (χ4n) is 1.62. The Kier molecular flexibility index (Phi) is 4.49. The Bertz CT molecular complexity index is 371. The van der Waals surface area contributed by atoms with E-state index in [1.54, 1.807) is 12.1 Å². The van der Waals surface area contributed by atoms with Crippen molar-refractivity contribution in [2.45, 2.75) is 33.7 Å². The number of aromatic nitrogens is 1. The molecule has 17 heavy (non-hydrogen) atoms. The van der Waals surface area contributed by atoms with E-state index in [1.807, 2.05) is 18.7 Å². The maximum absolute atomic E-state index is 12.3. The summed E-state index contributed by atoms with van der Waals surface area (Å²) in [5.41, 5.74) is 6.10. The SMILES string of the molecule is CC(C)CN(C(=O)c1ccc(N)nc1)C(C)C. The van der Waals surface area contributed by atoms with Crippen LogP contribution >= 0.6 is 0 Å². The van der Waals surface area contributed by atoms with Gasteiger partial charge in [0.2, 0.25) is 0 Å². The minimum Gasteiger partial charge on any atom is -0.384 e. The van der Waals surface area contributed by atoms with Crippen molar-refractivity contribution in [3.63, 3.8) is 0 Å². The van der Waals surface area contributed by atoms with Crippen molar-refractivity contribution < 1.29 is 4.79 Å². The van der Waals surface area contributed by atoms with Crippen molar-refractivity contribution in [3.05, 3.63) is 23.9 Å². The molecule has 1 heterocycles. The maximum atomic E-state index is 12.3. The summed E-state index contributed by atoms with van der Waals surface area (Å²) in [5, 5.41) is 0. The molecule has 0 aromatic carbocycles. The van der Waals surface area contributed by atoms with Gasteiger partial charge in [0.15, 0.2) is 0 Å². The van der Waals surface area contributed by atoms with E-state index in [9.17, 15) is 4.79 Å². The van der Waals surface area contributed by atoms with Crippen LogP contribution in [0.15, 0.2) is 18.3 Å². The Morgan fingerprint density at radius 3 is 2.41 bits per heavy atom. The van der Waals surface area contributed by atoms with Gasteiger partial charge in [-0.3, -0.25) is 4.79 Å². The molecule has 0 aliphatic rings. The van der Waals surface area contributed by atoms with E-state index in [1.165, 1.54) is 6.20 Å². The van der Waals surface area contributed by atoms with Crippen molar-refractivity contribution in [1.29, 1.82) is 0 Å². The van der Waals surface area contributed by atoms with Crippen LogP contribution < -0.4 is 5.73 Å². The second-order valence-corrected chi connectivity index (χ2v) is 4.92. The molecule has 0 atom stereocenters. The first-order chi connectivity index (χ1) is 7.91. The first kappa shape index (κ1) is 13.5. The van der Waals surface area contributed by atoms with Crippen LogP contribution in [0.3, 0.4) is 0 Å². The maximum Gasteiger partial charge on any atom is 0.255 e. The van der Waals surface area contributed by atoms with Gasteiger partial charge in [-0.15, -0.1) is 0 Å². The van der Waals surface area contributed by atoms with Crippen LogP contribution in [0.2, 0.25) is 0 Å². The van der Waals surface area contributed by atoms with Gasteiger partial charge >= 0.3 is 0 Å². The van der Waals surface area contributed by atoms with Crippen LogP contribution in [-0.4, -0.2) is 28.4 Å². The summed E-state index contributed by atoms with van der Waals surface area (Å²) < 4.78 is 0. The second-order valence-electron chi connectivity index (χ2n) is 4.92. The molecule has 0 fully saturated rings. The lowest BCUT2D eigenvalue weighted by molar-refractivity contribution is 0.0681. The van der Waals surface area contributed by atoms with Crippen LogP contribution in [0, 0.1) is 5.92 Å². The normalized spacial score (nSPS) is 10.9. The van der Waals surface area contributed by atoms with Crippen molar-refractivity contribution in [3.8, 4) is 0 Å². The monoisotopic (exact) mass is 235 g/mol. The summed E-state index contributed by atoms with van der Waals surface area (Å²) in [5.74, 6) is 0.894. The summed E-state index contributed by atoms with van der Waals surface area (Å²) in [4.78, 5) is 18.1. The Labute approximate surface area is 103 Å². The molecule has 1 rings (SSSR count). The summed E-state index contributed by atoms with van der Waals surface area (Å²) in [6.07, 6.45) is 1.54. The Morgan fingerprint density at radius 2 is 2.00 bits per heavy atom. The lowest BCUT2D eigenvalue weighted by atomic mass is 10.1. The number of amides is 1. The van der Waals surface area contributed by atoms with Crippen molar-refractivity contribution in [1.82, 2.24) is 9.88 Å². The number of anilines is 1. The van der Waals surface area contributed by atoms with Crippen LogP contribution in [-0.2, 0) is 0 Å². The van der Waals surface area contributed by atoms with Crippen molar-refractivity contribution in [2.75, 3.05) is 12.3 Å². The topological polar surface area (TPSA) is 59.2 Å². The number of rotatable bonds is 4. The summed E-state index contributed by atoms with van der Waals surface area (Å²) >= 11 is 0. The quantitative estimate of drug-likeness (QED) is 0.870. The van der Waals surface area contributed by atoms with Gasteiger partial charge in [0, 0.05) is 18.8 Å².